The fourth-order valence-corrected chi connectivity index (χ4v) is 2.60. The van der Waals surface area contributed by atoms with Crippen LogP contribution in [0.3, 0.4) is 0 Å². The van der Waals surface area contributed by atoms with E-state index in [4.69, 9.17) is 10.5 Å². The standard InChI is InChI=1S/C16H16N2O2/c1-10-14-8-7-13(20-2)9-15(14)18(19)16(10)11-3-5-12(17)6-4-11/h3-9,18H,17H2,1-2H3. The summed E-state index contributed by atoms with van der Waals surface area (Å²) < 4.78 is 5.19. The number of hydrogen-bond acceptors (Lipinski definition) is 3. The molecule has 102 valence electrons. The number of hydroxylamine groups is 1. The minimum Gasteiger partial charge on any atom is -0.623 e. The Morgan fingerprint density at radius 2 is 1.80 bits per heavy atom. The maximum Gasteiger partial charge on any atom is 0.147 e. The second-order valence-electron chi connectivity index (χ2n) is 4.86. The summed E-state index contributed by atoms with van der Waals surface area (Å²) in [6, 6.07) is 13.0. The molecule has 0 spiro atoms. The largest absolute Gasteiger partial charge is 0.623 e. The third kappa shape index (κ3) is 1.86. The molecule has 1 heterocycles. The van der Waals surface area contributed by atoms with Crippen molar-refractivity contribution in [2.24, 2.45) is 0 Å². The molecule has 0 saturated carbocycles. The third-order valence-corrected chi connectivity index (χ3v) is 3.68. The molecule has 1 atom stereocenters. The van der Waals surface area contributed by atoms with Gasteiger partial charge in [0.15, 0.2) is 0 Å². The molecule has 0 fully saturated rings. The molecule has 1 aliphatic heterocycles. The summed E-state index contributed by atoms with van der Waals surface area (Å²) in [6.07, 6.45) is 0. The van der Waals surface area contributed by atoms with E-state index in [2.05, 4.69) is 0 Å². The number of allylic oxidation sites excluding steroid dienone is 1. The summed E-state index contributed by atoms with van der Waals surface area (Å²) in [6.45, 7) is 1.97. The second-order valence-corrected chi connectivity index (χ2v) is 4.86. The lowest BCUT2D eigenvalue weighted by Crippen LogP contribution is -2.98. The van der Waals surface area contributed by atoms with Crippen molar-refractivity contribution in [2.75, 3.05) is 12.8 Å². The number of benzene rings is 2. The van der Waals surface area contributed by atoms with Crippen LogP contribution in [0.5, 0.6) is 5.75 Å². The maximum atomic E-state index is 12.6. The van der Waals surface area contributed by atoms with Gasteiger partial charge in [-0.05, 0) is 43.3 Å². The predicted molar refractivity (Wildman–Crippen MR) is 80.3 cm³/mol. The van der Waals surface area contributed by atoms with E-state index >= 15 is 0 Å². The Bertz CT molecular complexity index is 690. The predicted octanol–water partition coefficient (Wildman–Crippen LogP) is 2.19. The number of ether oxygens (including phenoxy) is 1. The number of nitrogens with two attached hydrogens (primary N) is 1. The van der Waals surface area contributed by atoms with Crippen molar-refractivity contribution in [3.05, 3.63) is 58.8 Å². The van der Waals surface area contributed by atoms with E-state index in [0.29, 0.717) is 17.1 Å². The van der Waals surface area contributed by atoms with Gasteiger partial charge in [-0.15, -0.1) is 0 Å². The molecule has 0 aromatic heterocycles. The zero-order valence-electron chi connectivity index (χ0n) is 11.4. The minimum atomic E-state index is 0.0428. The van der Waals surface area contributed by atoms with Crippen LogP contribution in [0, 0.1) is 5.21 Å². The Labute approximate surface area is 117 Å². The van der Waals surface area contributed by atoms with Gasteiger partial charge in [0, 0.05) is 28.5 Å². The molecule has 0 aliphatic carbocycles. The maximum absolute atomic E-state index is 12.6. The first kappa shape index (κ1) is 12.7. The molecule has 3 N–H and O–H groups in total. The highest BCUT2D eigenvalue weighted by Gasteiger charge is 2.28. The van der Waals surface area contributed by atoms with Crippen molar-refractivity contribution < 1.29 is 9.80 Å². The molecule has 1 unspecified atom stereocenters. The van der Waals surface area contributed by atoms with Crippen molar-refractivity contribution in [1.29, 1.82) is 0 Å². The molecule has 20 heavy (non-hydrogen) atoms. The Morgan fingerprint density at radius 3 is 2.45 bits per heavy atom. The van der Waals surface area contributed by atoms with Gasteiger partial charge in [0.25, 0.3) is 0 Å². The number of anilines is 1. The van der Waals surface area contributed by atoms with Crippen LogP contribution >= 0.6 is 0 Å². The monoisotopic (exact) mass is 268 g/mol. The Balaban J connectivity index is 2.10. The minimum absolute atomic E-state index is 0.0428. The van der Waals surface area contributed by atoms with Gasteiger partial charge in [-0.25, -0.2) is 0 Å². The quantitative estimate of drug-likeness (QED) is 0.648. The molecule has 2 aromatic carbocycles. The Kier molecular flexibility index (Phi) is 2.97. The van der Waals surface area contributed by atoms with Gasteiger partial charge in [0.1, 0.15) is 17.1 Å². The molecule has 0 bridgehead atoms. The van der Waals surface area contributed by atoms with E-state index in [1.54, 1.807) is 13.2 Å². The van der Waals surface area contributed by atoms with E-state index in [1.165, 1.54) is 0 Å². The van der Waals surface area contributed by atoms with Gasteiger partial charge >= 0.3 is 0 Å². The fourth-order valence-electron chi connectivity index (χ4n) is 2.60. The van der Waals surface area contributed by atoms with Crippen molar-refractivity contribution >= 4 is 22.6 Å². The number of rotatable bonds is 2. The molecule has 0 radical (unpaired) electrons. The van der Waals surface area contributed by atoms with Crippen molar-refractivity contribution in [1.82, 2.24) is 0 Å². The van der Waals surface area contributed by atoms with E-state index in [-0.39, 0.29) is 5.06 Å². The Hall–Kier alpha value is -2.30. The van der Waals surface area contributed by atoms with Crippen LogP contribution in [0.15, 0.2) is 42.5 Å². The van der Waals surface area contributed by atoms with Crippen LogP contribution in [-0.4, -0.2) is 7.11 Å². The zero-order chi connectivity index (χ0) is 14.3. The molecular weight excluding hydrogens is 252 g/mol. The van der Waals surface area contributed by atoms with E-state index in [0.717, 1.165) is 22.4 Å². The number of quaternary nitrogens is 1. The van der Waals surface area contributed by atoms with Crippen molar-refractivity contribution in [3.8, 4) is 5.75 Å². The summed E-state index contributed by atoms with van der Waals surface area (Å²) in [7, 11) is 1.60. The topological polar surface area (TPSA) is 62.8 Å². The lowest BCUT2D eigenvalue weighted by molar-refractivity contribution is -0.687. The average Bonchev–Trinajstić information content (AvgIpc) is 2.72. The van der Waals surface area contributed by atoms with Crippen molar-refractivity contribution in [3.63, 3.8) is 0 Å². The first-order valence-corrected chi connectivity index (χ1v) is 6.41. The van der Waals surface area contributed by atoms with Gasteiger partial charge < -0.3 is 20.7 Å². The van der Waals surface area contributed by atoms with Gasteiger partial charge in [0.05, 0.1) is 7.11 Å². The molecule has 1 aliphatic rings. The smallest absolute Gasteiger partial charge is 0.147 e. The molecule has 3 rings (SSSR count). The zero-order valence-corrected chi connectivity index (χ0v) is 11.4. The highest BCUT2D eigenvalue weighted by atomic mass is 16.5. The van der Waals surface area contributed by atoms with Gasteiger partial charge in [-0.3, -0.25) is 0 Å². The van der Waals surface area contributed by atoms with Gasteiger partial charge in [-0.1, -0.05) is 0 Å². The number of fused-ring (bicyclic) bond motifs is 1. The summed E-state index contributed by atoms with van der Waals surface area (Å²) >= 11 is 0. The van der Waals surface area contributed by atoms with Crippen molar-refractivity contribution in [2.45, 2.75) is 6.92 Å². The number of hydrogen-bond donors (Lipinski definition) is 2. The van der Waals surface area contributed by atoms with E-state index in [1.807, 2.05) is 43.3 Å². The molecule has 2 aromatic rings. The number of nitrogens with one attached hydrogen (secondary N) is 1. The third-order valence-electron chi connectivity index (χ3n) is 3.68. The second kappa shape index (κ2) is 4.67. The fraction of sp³-hybridized carbons (Fsp3) is 0.125. The molecule has 0 saturated heterocycles. The van der Waals surface area contributed by atoms with Crippen LogP contribution in [0.1, 0.15) is 18.1 Å². The first-order chi connectivity index (χ1) is 9.61. The van der Waals surface area contributed by atoms with E-state index in [9.17, 15) is 5.21 Å². The van der Waals surface area contributed by atoms with Gasteiger partial charge in [0.2, 0.25) is 0 Å². The van der Waals surface area contributed by atoms with E-state index < -0.39 is 0 Å². The molecule has 0 amide bonds. The van der Waals surface area contributed by atoms with Crippen LogP contribution < -0.4 is 15.5 Å². The SMILES string of the molecule is COc1ccc2c(c1)[NH+]([O-])C(c1ccc(N)cc1)=C2C. The molecule has 4 nitrogen and oxygen atoms in total. The summed E-state index contributed by atoms with van der Waals surface area (Å²) in [5.74, 6) is 0.698. The highest BCUT2D eigenvalue weighted by Crippen LogP contribution is 2.35. The Morgan fingerprint density at radius 1 is 1.10 bits per heavy atom. The van der Waals surface area contributed by atoms with Crippen LogP contribution in [0.2, 0.25) is 0 Å². The van der Waals surface area contributed by atoms with Gasteiger partial charge in [-0.2, -0.15) is 0 Å². The van der Waals surface area contributed by atoms with Crippen LogP contribution in [-0.2, 0) is 0 Å². The summed E-state index contributed by atoms with van der Waals surface area (Å²) in [5.41, 5.74) is 10.7. The average molecular weight is 268 g/mol. The normalized spacial score (nSPS) is 17.2. The van der Waals surface area contributed by atoms with Crippen LogP contribution in [0.4, 0.5) is 11.4 Å². The summed E-state index contributed by atoms with van der Waals surface area (Å²) in [4.78, 5) is 0. The lowest BCUT2D eigenvalue weighted by Gasteiger charge is -2.20. The van der Waals surface area contributed by atoms with Crippen LogP contribution in [0.25, 0.3) is 11.3 Å². The summed E-state index contributed by atoms with van der Waals surface area (Å²) in [5, 5.41) is 12.7. The first-order valence-electron chi connectivity index (χ1n) is 6.41. The number of nitrogen functional groups attached to an aromatic ring is 1. The number of methoxy groups -OCH3 is 1. The highest BCUT2D eigenvalue weighted by molar-refractivity contribution is 5.93. The molecule has 4 heteroatoms. The lowest BCUT2D eigenvalue weighted by atomic mass is 10.0. The molecular formula is C16H16N2O2.